The Morgan fingerprint density at radius 1 is 1.17 bits per heavy atom. The van der Waals surface area contributed by atoms with Crippen LogP contribution in [0.25, 0.3) is 0 Å². The van der Waals surface area contributed by atoms with Crippen LogP contribution in [0.3, 0.4) is 0 Å². The molecule has 7 nitrogen and oxygen atoms in total. The SMILES string of the molecule is CC[C@@H](C)C[C@@](C)(CC(=O)O)NC(=O)O[C@@H](OC(C)=O)C(C)C. The first-order valence-electron chi connectivity index (χ1n) is 7.87. The van der Waals surface area contributed by atoms with E-state index in [0.717, 1.165) is 6.42 Å². The molecule has 7 heteroatoms. The highest BCUT2D eigenvalue weighted by atomic mass is 16.7. The van der Waals surface area contributed by atoms with Gasteiger partial charge in [0.15, 0.2) is 0 Å². The molecule has 0 aromatic carbocycles. The van der Waals surface area contributed by atoms with Crippen molar-refractivity contribution in [2.24, 2.45) is 11.8 Å². The number of aliphatic carboxylic acids is 1. The van der Waals surface area contributed by atoms with Crippen molar-refractivity contribution < 1.29 is 29.0 Å². The van der Waals surface area contributed by atoms with Crippen LogP contribution in [0.1, 0.15) is 60.8 Å². The molecular formula is C16H29NO6. The topological polar surface area (TPSA) is 102 Å². The van der Waals surface area contributed by atoms with Crippen molar-refractivity contribution >= 4 is 18.0 Å². The fourth-order valence-corrected chi connectivity index (χ4v) is 2.26. The van der Waals surface area contributed by atoms with Gasteiger partial charge in [0, 0.05) is 12.8 Å². The minimum Gasteiger partial charge on any atom is -0.481 e. The normalized spacial score (nSPS) is 16.1. The number of amides is 1. The van der Waals surface area contributed by atoms with Gasteiger partial charge in [-0.05, 0) is 19.3 Å². The molecule has 0 rings (SSSR count). The minimum absolute atomic E-state index is 0.216. The Hall–Kier alpha value is -1.79. The summed E-state index contributed by atoms with van der Waals surface area (Å²) in [7, 11) is 0. The fraction of sp³-hybridized carbons (Fsp3) is 0.812. The van der Waals surface area contributed by atoms with E-state index in [4.69, 9.17) is 14.6 Å². The average molecular weight is 331 g/mol. The molecule has 0 unspecified atom stereocenters. The molecule has 0 aromatic rings. The van der Waals surface area contributed by atoms with Crippen molar-refractivity contribution in [2.45, 2.75) is 72.6 Å². The molecule has 0 bridgehead atoms. The predicted molar refractivity (Wildman–Crippen MR) is 84.7 cm³/mol. The number of carboxylic acid groups (broad SMARTS) is 1. The smallest absolute Gasteiger partial charge is 0.410 e. The Morgan fingerprint density at radius 3 is 2.13 bits per heavy atom. The van der Waals surface area contributed by atoms with Crippen LogP contribution >= 0.6 is 0 Å². The van der Waals surface area contributed by atoms with Crippen molar-refractivity contribution in [1.82, 2.24) is 5.32 Å². The van der Waals surface area contributed by atoms with Crippen LogP contribution < -0.4 is 5.32 Å². The summed E-state index contributed by atoms with van der Waals surface area (Å²) in [5.41, 5.74) is -0.934. The number of rotatable bonds is 9. The molecule has 2 N–H and O–H groups in total. The molecule has 0 heterocycles. The van der Waals surface area contributed by atoms with E-state index >= 15 is 0 Å². The number of alkyl carbamates (subject to hydrolysis) is 1. The third-order valence-corrected chi connectivity index (χ3v) is 3.49. The van der Waals surface area contributed by atoms with Gasteiger partial charge in [-0.2, -0.15) is 0 Å². The van der Waals surface area contributed by atoms with E-state index in [1.54, 1.807) is 20.8 Å². The van der Waals surface area contributed by atoms with Gasteiger partial charge in [0.25, 0.3) is 6.29 Å². The summed E-state index contributed by atoms with van der Waals surface area (Å²) in [6.07, 6.45) is -0.646. The third kappa shape index (κ3) is 9.05. The minimum atomic E-state index is -1.01. The van der Waals surface area contributed by atoms with Crippen LogP contribution in [0.5, 0.6) is 0 Å². The summed E-state index contributed by atoms with van der Waals surface area (Å²) in [6.45, 7) is 10.4. The van der Waals surface area contributed by atoms with E-state index < -0.39 is 29.9 Å². The van der Waals surface area contributed by atoms with Gasteiger partial charge in [-0.25, -0.2) is 4.79 Å². The number of carbonyl (C=O) groups excluding carboxylic acids is 2. The van der Waals surface area contributed by atoms with Gasteiger partial charge in [-0.1, -0.05) is 34.1 Å². The zero-order valence-corrected chi connectivity index (χ0v) is 14.8. The highest BCUT2D eigenvalue weighted by Crippen LogP contribution is 2.23. The Bertz CT molecular complexity index is 423. The second-order valence-corrected chi connectivity index (χ2v) is 6.60. The summed E-state index contributed by atoms with van der Waals surface area (Å²) >= 11 is 0. The van der Waals surface area contributed by atoms with E-state index in [2.05, 4.69) is 5.32 Å². The van der Waals surface area contributed by atoms with Crippen molar-refractivity contribution in [2.75, 3.05) is 0 Å². The average Bonchev–Trinajstić information content (AvgIpc) is 2.35. The molecular weight excluding hydrogens is 302 g/mol. The van der Waals surface area contributed by atoms with Crippen LogP contribution in [0.4, 0.5) is 4.79 Å². The Kier molecular flexibility index (Phi) is 8.64. The predicted octanol–water partition coefficient (Wildman–Crippen LogP) is 2.93. The molecule has 0 fully saturated rings. The number of esters is 1. The Labute approximate surface area is 137 Å². The third-order valence-electron chi connectivity index (χ3n) is 3.49. The fourth-order valence-electron chi connectivity index (χ4n) is 2.26. The molecule has 0 radical (unpaired) electrons. The van der Waals surface area contributed by atoms with Gasteiger partial charge < -0.3 is 19.9 Å². The lowest BCUT2D eigenvalue weighted by Gasteiger charge is -2.32. The first kappa shape index (κ1) is 21.2. The molecule has 0 aliphatic heterocycles. The van der Waals surface area contributed by atoms with Gasteiger partial charge in [0.2, 0.25) is 0 Å². The van der Waals surface area contributed by atoms with Gasteiger partial charge in [0.05, 0.1) is 12.0 Å². The van der Waals surface area contributed by atoms with Crippen LogP contribution in [0, 0.1) is 11.8 Å². The number of nitrogens with one attached hydrogen (secondary N) is 1. The Balaban J connectivity index is 4.93. The second kappa shape index (κ2) is 9.37. The largest absolute Gasteiger partial charge is 0.481 e. The maximum atomic E-state index is 12.1. The standard InChI is InChI=1S/C16H29NO6/c1-7-11(4)8-16(6,9-13(19)20)17-15(21)23-14(10(2)3)22-12(5)18/h10-11,14H,7-9H2,1-6H3,(H,17,21)(H,19,20)/t11-,14-,16+/m1/s1. The molecule has 0 aliphatic rings. The molecule has 0 saturated heterocycles. The highest BCUT2D eigenvalue weighted by molar-refractivity contribution is 5.73. The zero-order valence-electron chi connectivity index (χ0n) is 14.8. The van der Waals surface area contributed by atoms with E-state index in [9.17, 15) is 14.4 Å². The number of carbonyl (C=O) groups is 3. The lowest BCUT2D eigenvalue weighted by molar-refractivity contribution is -0.172. The monoisotopic (exact) mass is 331 g/mol. The van der Waals surface area contributed by atoms with Gasteiger partial charge >= 0.3 is 18.0 Å². The molecule has 1 amide bonds. The second-order valence-electron chi connectivity index (χ2n) is 6.60. The van der Waals surface area contributed by atoms with Crippen molar-refractivity contribution in [3.05, 3.63) is 0 Å². The molecule has 0 saturated carbocycles. The molecule has 134 valence electrons. The van der Waals surface area contributed by atoms with Gasteiger partial charge in [0.1, 0.15) is 0 Å². The maximum Gasteiger partial charge on any atom is 0.410 e. The van der Waals surface area contributed by atoms with E-state index in [0.29, 0.717) is 6.42 Å². The van der Waals surface area contributed by atoms with E-state index in [1.165, 1.54) is 6.92 Å². The molecule has 0 spiro atoms. The summed E-state index contributed by atoms with van der Waals surface area (Å²) < 4.78 is 10.1. The van der Waals surface area contributed by atoms with E-state index in [-0.39, 0.29) is 18.3 Å². The summed E-state index contributed by atoms with van der Waals surface area (Å²) in [6, 6.07) is 0. The van der Waals surface area contributed by atoms with Crippen molar-refractivity contribution in [3.63, 3.8) is 0 Å². The van der Waals surface area contributed by atoms with Crippen LogP contribution in [-0.2, 0) is 19.1 Å². The lowest BCUT2D eigenvalue weighted by atomic mass is 9.86. The number of hydrogen-bond acceptors (Lipinski definition) is 5. The molecule has 0 aromatic heterocycles. The zero-order chi connectivity index (χ0) is 18.2. The van der Waals surface area contributed by atoms with Crippen LogP contribution in [-0.4, -0.2) is 35.0 Å². The molecule has 0 aliphatic carbocycles. The van der Waals surface area contributed by atoms with E-state index in [1.807, 2.05) is 13.8 Å². The van der Waals surface area contributed by atoms with Gasteiger partial charge in [-0.3, -0.25) is 9.59 Å². The number of hydrogen-bond donors (Lipinski definition) is 2. The quantitative estimate of drug-likeness (QED) is 0.497. The summed E-state index contributed by atoms with van der Waals surface area (Å²) in [5.74, 6) is -1.53. The lowest BCUT2D eigenvalue weighted by Crippen LogP contribution is -2.50. The summed E-state index contributed by atoms with van der Waals surface area (Å²) in [4.78, 5) is 34.2. The van der Waals surface area contributed by atoms with Gasteiger partial charge in [-0.15, -0.1) is 0 Å². The summed E-state index contributed by atoms with van der Waals surface area (Å²) in [5, 5.41) is 11.7. The molecule has 23 heavy (non-hydrogen) atoms. The van der Waals surface area contributed by atoms with Crippen molar-refractivity contribution in [3.8, 4) is 0 Å². The van der Waals surface area contributed by atoms with Crippen LogP contribution in [0.2, 0.25) is 0 Å². The Morgan fingerprint density at radius 2 is 1.74 bits per heavy atom. The molecule has 3 atom stereocenters. The number of ether oxygens (including phenoxy) is 2. The first-order valence-corrected chi connectivity index (χ1v) is 7.87. The first-order chi connectivity index (χ1) is 10.5. The van der Waals surface area contributed by atoms with Crippen LogP contribution in [0.15, 0.2) is 0 Å². The van der Waals surface area contributed by atoms with Crippen molar-refractivity contribution in [1.29, 1.82) is 0 Å². The highest BCUT2D eigenvalue weighted by Gasteiger charge is 2.33. The number of carboxylic acids is 1. The maximum absolute atomic E-state index is 12.1.